The van der Waals surface area contributed by atoms with E-state index in [1.807, 2.05) is 27.2 Å². The van der Waals surface area contributed by atoms with E-state index in [-0.39, 0.29) is 19.1 Å². The number of hydrogen-bond donors (Lipinski definition) is 2. The number of hydrogen-bond acceptors (Lipinski definition) is 6. The number of allylic oxidation sites excluding steroid dienone is 1. The standard InChI is InChI=1S/C40H81N2O6P/c1-6-8-10-12-14-16-18-19-20-21-22-23-24-25-27-29-31-33-39(43)38(37-48-49(45,46)47-36-35-42(3,4)5)41-40(44)34-32-30-28-26-17-15-13-11-9-7-2/h31,33,38-39,43H,6-30,32,34-37H2,1-5H3,(H-,41,44,45,46)/b33-31+. The Balaban J connectivity index is 4.44. The van der Waals surface area contributed by atoms with Crippen LogP contribution in [0.1, 0.15) is 187 Å². The van der Waals surface area contributed by atoms with Gasteiger partial charge in [0, 0.05) is 6.42 Å². The van der Waals surface area contributed by atoms with Gasteiger partial charge in [0.05, 0.1) is 39.9 Å². The van der Waals surface area contributed by atoms with Crippen molar-refractivity contribution in [1.29, 1.82) is 0 Å². The molecule has 0 fully saturated rings. The van der Waals surface area contributed by atoms with Crippen LogP contribution in [-0.4, -0.2) is 68.5 Å². The molecule has 8 nitrogen and oxygen atoms in total. The first-order valence-corrected chi connectivity index (χ1v) is 22.0. The maximum atomic E-state index is 12.8. The number of nitrogens with zero attached hydrogens (tertiary/aromatic N) is 1. The summed E-state index contributed by atoms with van der Waals surface area (Å²) >= 11 is 0. The molecule has 0 aliphatic carbocycles. The molecule has 1 amide bonds. The van der Waals surface area contributed by atoms with Gasteiger partial charge in [0.25, 0.3) is 7.82 Å². The predicted molar refractivity (Wildman–Crippen MR) is 205 cm³/mol. The molecule has 2 N–H and O–H groups in total. The van der Waals surface area contributed by atoms with Gasteiger partial charge in [0.15, 0.2) is 0 Å². The smallest absolute Gasteiger partial charge is 0.268 e. The third kappa shape index (κ3) is 35.4. The van der Waals surface area contributed by atoms with E-state index in [1.54, 1.807) is 6.08 Å². The quantitative estimate of drug-likeness (QED) is 0.0287. The summed E-state index contributed by atoms with van der Waals surface area (Å²) in [5.74, 6) is -0.199. The third-order valence-corrected chi connectivity index (χ3v) is 10.2. The minimum Gasteiger partial charge on any atom is -0.756 e. The van der Waals surface area contributed by atoms with Crippen molar-refractivity contribution in [3.63, 3.8) is 0 Å². The molecule has 0 aromatic heterocycles. The van der Waals surface area contributed by atoms with E-state index in [2.05, 4.69) is 19.2 Å². The summed E-state index contributed by atoms with van der Waals surface area (Å²) < 4.78 is 23.1. The molecule has 0 saturated heterocycles. The maximum Gasteiger partial charge on any atom is 0.268 e. The summed E-state index contributed by atoms with van der Waals surface area (Å²) in [6, 6.07) is -0.878. The fraction of sp³-hybridized carbons (Fsp3) is 0.925. The van der Waals surface area contributed by atoms with Gasteiger partial charge in [-0.3, -0.25) is 9.36 Å². The van der Waals surface area contributed by atoms with E-state index in [1.165, 1.54) is 128 Å². The van der Waals surface area contributed by atoms with Gasteiger partial charge in [0.2, 0.25) is 5.91 Å². The third-order valence-electron chi connectivity index (χ3n) is 9.25. The van der Waals surface area contributed by atoms with Crippen molar-refractivity contribution in [3.8, 4) is 0 Å². The van der Waals surface area contributed by atoms with Crippen LogP contribution in [0.25, 0.3) is 0 Å². The number of aliphatic hydroxyl groups is 1. The molecule has 49 heavy (non-hydrogen) atoms. The number of quaternary nitrogens is 1. The van der Waals surface area contributed by atoms with Crippen LogP contribution in [0.2, 0.25) is 0 Å². The van der Waals surface area contributed by atoms with Crippen LogP contribution in [-0.2, 0) is 18.4 Å². The Morgan fingerprint density at radius 2 is 1.10 bits per heavy atom. The minimum absolute atomic E-state index is 0.00174. The van der Waals surface area contributed by atoms with Crippen molar-refractivity contribution >= 4 is 13.7 Å². The average Bonchev–Trinajstić information content (AvgIpc) is 3.04. The summed E-state index contributed by atoms with van der Waals surface area (Å²) in [4.78, 5) is 25.1. The highest BCUT2D eigenvalue weighted by atomic mass is 31.2. The van der Waals surface area contributed by atoms with Crippen molar-refractivity contribution in [2.24, 2.45) is 0 Å². The number of phosphoric ester groups is 1. The molecule has 9 heteroatoms. The molecule has 0 rings (SSSR count). The normalized spacial score (nSPS) is 14.7. The van der Waals surface area contributed by atoms with E-state index < -0.39 is 20.0 Å². The van der Waals surface area contributed by atoms with E-state index in [9.17, 15) is 19.4 Å². The predicted octanol–water partition coefficient (Wildman–Crippen LogP) is 10.2. The molecular weight excluding hydrogens is 635 g/mol. The SMILES string of the molecule is CCCCCCCCCCCCCCCCC/C=C/C(O)C(COP(=O)([O-])OCC[N+](C)(C)C)NC(=O)CCCCCCCCCCCC. The van der Waals surface area contributed by atoms with Crippen molar-refractivity contribution in [3.05, 3.63) is 12.2 Å². The Bertz CT molecular complexity index is 819. The number of carbonyl (C=O) groups is 1. The van der Waals surface area contributed by atoms with Crippen molar-refractivity contribution < 1.29 is 32.9 Å². The number of carbonyl (C=O) groups excluding carboxylic acids is 1. The van der Waals surface area contributed by atoms with Crippen molar-refractivity contribution in [2.45, 2.75) is 199 Å². The van der Waals surface area contributed by atoms with E-state index in [0.29, 0.717) is 17.4 Å². The molecule has 0 heterocycles. The molecule has 3 unspecified atom stereocenters. The van der Waals surface area contributed by atoms with Gasteiger partial charge < -0.3 is 28.8 Å². The Labute approximate surface area is 303 Å². The molecule has 0 aromatic carbocycles. The molecule has 0 spiro atoms. The number of amides is 1. The molecule has 292 valence electrons. The second-order valence-electron chi connectivity index (χ2n) is 15.4. The van der Waals surface area contributed by atoms with Gasteiger partial charge in [0.1, 0.15) is 13.2 Å². The lowest BCUT2D eigenvalue weighted by Gasteiger charge is -2.29. The van der Waals surface area contributed by atoms with Crippen molar-refractivity contribution in [2.75, 3.05) is 40.9 Å². The van der Waals surface area contributed by atoms with E-state index >= 15 is 0 Å². The average molecular weight is 717 g/mol. The first-order valence-electron chi connectivity index (χ1n) is 20.6. The highest BCUT2D eigenvalue weighted by molar-refractivity contribution is 7.45. The van der Waals surface area contributed by atoms with Crippen LogP contribution >= 0.6 is 7.82 Å². The summed E-state index contributed by atoms with van der Waals surface area (Å²) in [5, 5.41) is 13.7. The monoisotopic (exact) mass is 717 g/mol. The van der Waals surface area contributed by atoms with Crippen LogP contribution in [0.4, 0.5) is 0 Å². The molecule has 0 aliphatic heterocycles. The van der Waals surface area contributed by atoms with Gasteiger partial charge in [-0.2, -0.15) is 0 Å². The number of phosphoric acid groups is 1. The molecule has 0 bridgehead atoms. The number of nitrogens with one attached hydrogen (secondary N) is 1. The fourth-order valence-corrected chi connectivity index (χ4v) is 6.64. The zero-order valence-corrected chi connectivity index (χ0v) is 33.8. The second-order valence-corrected chi connectivity index (χ2v) is 16.8. The highest BCUT2D eigenvalue weighted by Crippen LogP contribution is 2.38. The van der Waals surface area contributed by atoms with E-state index in [0.717, 1.165) is 38.5 Å². The summed E-state index contributed by atoms with van der Waals surface area (Å²) in [7, 11) is 1.27. The first-order chi connectivity index (χ1) is 23.5. The number of rotatable bonds is 37. The lowest BCUT2D eigenvalue weighted by atomic mass is 10.0. The van der Waals surface area contributed by atoms with Crippen LogP contribution in [0.15, 0.2) is 12.2 Å². The van der Waals surface area contributed by atoms with Crippen molar-refractivity contribution in [1.82, 2.24) is 5.32 Å². The highest BCUT2D eigenvalue weighted by Gasteiger charge is 2.23. The van der Waals surface area contributed by atoms with Crippen LogP contribution in [0.5, 0.6) is 0 Å². The molecular formula is C40H81N2O6P. The van der Waals surface area contributed by atoms with Gasteiger partial charge in [-0.25, -0.2) is 0 Å². The molecule has 0 saturated carbocycles. The maximum absolute atomic E-state index is 12.8. The van der Waals surface area contributed by atoms with Gasteiger partial charge >= 0.3 is 0 Å². The lowest BCUT2D eigenvalue weighted by molar-refractivity contribution is -0.870. The largest absolute Gasteiger partial charge is 0.756 e. The van der Waals surface area contributed by atoms with Crippen LogP contribution in [0.3, 0.4) is 0 Å². The minimum atomic E-state index is -4.57. The van der Waals surface area contributed by atoms with Crippen LogP contribution < -0.4 is 10.2 Å². The Morgan fingerprint density at radius 3 is 1.53 bits per heavy atom. The Kier molecular flexibility index (Phi) is 32.6. The lowest BCUT2D eigenvalue weighted by Crippen LogP contribution is -2.45. The van der Waals surface area contributed by atoms with Gasteiger partial charge in [-0.1, -0.05) is 174 Å². The number of likely N-dealkylation sites (N-methyl/N-ethyl adjacent to an activating group) is 1. The topological polar surface area (TPSA) is 108 Å². The Hall–Kier alpha value is -0.760. The summed E-state index contributed by atoms with van der Waals surface area (Å²) in [6.45, 7) is 4.63. The van der Waals surface area contributed by atoms with Gasteiger partial charge in [-0.05, 0) is 19.3 Å². The van der Waals surface area contributed by atoms with E-state index in [4.69, 9.17) is 9.05 Å². The molecule has 3 atom stereocenters. The fourth-order valence-electron chi connectivity index (χ4n) is 5.92. The molecule has 0 radical (unpaired) electrons. The molecule has 0 aromatic rings. The Morgan fingerprint density at radius 1 is 0.694 bits per heavy atom. The van der Waals surface area contributed by atoms with Crippen LogP contribution in [0, 0.1) is 0 Å². The molecule has 0 aliphatic rings. The summed E-state index contributed by atoms with van der Waals surface area (Å²) in [5.41, 5.74) is 0. The summed E-state index contributed by atoms with van der Waals surface area (Å²) in [6.07, 6.45) is 35.4. The number of aliphatic hydroxyl groups excluding tert-OH is 1. The zero-order valence-electron chi connectivity index (χ0n) is 32.9. The van der Waals surface area contributed by atoms with Gasteiger partial charge in [-0.15, -0.1) is 0 Å². The zero-order chi connectivity index (χ0) is 36.5. The first kappa shape index (κ1) is 48.2. The number of unbranched alkanes of at least 4 members (excludes halogenated alkanes) is 24. The second kappa shape index (κ2) is 33.1.